The molecule has 1 aliphatic rings. The maximum atomic E-state index is 2.08. The van der Waals surface area contributed by atoms with Crippen LogP contribution in [0.3, 0.4) is 0 Å². The van der Waals surface area contributed by atoms with Gasteiger partial charge in [0.1, 0.15) is 0 Å². The van der Waals surface area contributed by atoms with Gasteiger partial charge in [-0.05, 0) is 0 Å². The fraction of sp³-hybridized carbons (Fsp3) is 1.00. The van der Waals surface area contributed by atoms with Gasteiger partial charge in [-0.2, -0.15) is 0 Å². The molecule has 6 heavy (non-hydrogen) atoms. The fourth-order valence-corrected chi connectivity index (χ4v) is 20.9. The first-order valence-corrected chi connectivity index (χ1v) is 11.1. The summed E-state index contributed by atoms with van der Waals surface area (Å²) in [7, 11) is 8.18. The van der Waals surface area contributed by atoms with Crippen molar-refractivity contribution in [3.05, 3.63) is 0 Å². The van der Waals surface area contributed by atoms with Crippen LogP contribution in [0.2, 0.25) is 0 Å². The van der Waals surface area contributed by atoms with E-state index in [2.05, 4.69) is 18.2 Å². The molecule has 0 atom stereocenters. The van der Waals surface area contributed by atoms with Crippen molar-refractivity contribution in [2.45, 2.75) is 0 Å². The van der Waals surface area contributed by atoms with Crippen LogP contribution < -0.4 is 0 Å². The van der Waals surface area contributed by atoms with Gasteiger partial charge in [0.25, 0.3) is 0 Å². The predicted octanol–water partition coefficient (Wildman–Crippen LogP) is 2.25. The van der Waals surface area contributed by atoms with E-state index in [1.165, 1.54) is 5.08 Å². The molecule has 0 aromatic heterocycles. The third-order valence-electron chi connectivity index (χ3n) is 0.282. The molecule has 0 bridgehead atoms. The second kappa shape index (κ2) is 3.89. The molecule has 0 saturated carbocycles. The molecule has 1 saturated heterocycles. The molecule has 0 aliphatic carbocycles. The summed E-state index contributed by atoms with van der Waals surface area (Å²) in [5.41, 5.74) is 0. The van der Waals surface area contributed by atoms with E-state index in [4.69, 9.17) is 0 Å². The Morgan fingerprint density at radius 1 is 1.17 bits per heavy atom. The third kappa shape index (κ3) is 2.30. The molecule has 1 aliphatic heterocycles. The standard InChI is InChI=1S/CH2GeS4/c1-3-5-2-6-4-1/h1H2. The third-order valence-corrected chi connectivity index (χ3v) is 17.7. The van der Waals surface area contributed by atoms with Gasteiger partial charge < -0.3 is 0 Å². The molecule has 0 nitrogen and oxygen atoms in total. The van der Waals surface area contributed by atoms with Gasteiger partial charge in [0.05, 0.1) is 0 Å². The summed E-state index contributed by atoms with van der Waals surface area (Å²) >= 11 is 0.367. The molecule has 0 amide bonds. The molecule has 0 unspecified atom stereocenters. The van der Waals surface area contributed by atoms with Gasteiger partial charge in [0.2, 0.25) is 0 Å². The summed E-state index contributed by atoms with van der Waals surface area (Å²) in [4.78, 5) is 0. The van der Waals surface area contributed by atoms with E-state index < -0.39 is 0 Å². The molecule has 0 aromatic rings. The molecular formula is CH2GeS4. The van der Waals surface area contributed by atoms with Gasteiger partial charge in [-0.15, -0.1) is 0 Å². The van der Waals surface area contributed by atoms with Gasteiger partial charge in [-0.25, -0.2) is 0 Å². The first-order chi connectivity index (χ1) is 3.00. The number of hydrogen-bond donors (Lipinski definition) is 0. The van der Waals surface area contributed by atoms with Crippen molar-refractivity contribution in [3.8, 4) is 0 Å². The quantitative estimate of drug-likeness (QED) is 0.448. The number of hydrogen-bond acceptors (Lipinski definition) is 4. The predicted molar refractivity (Wildman–Crippen MR) is 41.0 cm³/mol. The van der Waals surface area contributed by atoms with Crippen molar-refractivity contribution in [2.24, 2.45) is 0 Å². The van der Waals surface area contributed by atoms with E-state index in [-0.39, 0.29) is 0 Å². The molecule has 1 fully saturated rings. The molecule has 34 valence electrons. The van der Waals surface area contributed by atoms with Gasteiger partial charge >= 0.3 is 58.1 Å². The Bertz CT molecular complexity index is 23.0. The maximum absolute atomic E-state index is 2.08. The first kappa shape index (κ1) is 6.07. The molecule has 0 aromatic carbocycles. The van der Waals surface area contributed by atoms with Crippen LogP contribution in [-0.4, -0.2) is 18.2 Å². The zero-order valence-corrected chi connectivity index (χ0v) is 8.20. The Labute approximate surface area is 57.7 Å². The summed E-state index contributed by atoms with van der Waals surface area (Å²) in [6.07, 6.45) is 0. The van der Waals surface area contributed by atoms with Gasteiger partial charge in [-0.3, -0.25) is 0 Å². The van der Waals surface area contributed by atoms with Crippen LogP contribution in [0.25, 0.3) is 0 Å². The molecule has 1 rings (SSSR count). The van der Waals surface area contributed by atoms with Crippen LogP contribution in [0.1, 0.15) is 0 Å². The van der Waals surface area contributed by atoms with Gasteiger partial charge in [-0.1, -0.05) is 0 Å². The SMILES string of the molecule is C1S[S][Ge][S]S1. The Kier molecular flexibility index (Phi) is 3.93. The molecule has 0 spiro atoms. The molecular weight excluding hydrogens is 213 g/mol. The van der Waals surface area contributed by atoms with Crippen molar-refractivity contribution in [3.63, 3.8) is 0 Å². The summed E-state index contributed by atoms with van der Waals surface area (Å²) < 4.78 is 0. The zero-order valence-electron chi connectivity index (χ0n) is 2.84. The van der Waals surface area contributed by atoms with Crippen molar-refractivity contribution >= 4 is 53.0 Å². The van der Waals surface area contributed by atoms with Crippen molar-refractivity contribution in [1.82, 2.24) is 0 Å². The minimum atomic E-state index is 0.367. The second-order valence-corrected chi connectivity index (χ2v) is 14.9. The average Bonchev–Trinajstić information content (AvgIpc) is 1.72. The minimum absolute atomic E-state index is 0.367. The Morgan fingerprint density at radius 2 is 1.83 bits per heavy atom. The van der Waals surface area contributed by atoms with E-state index >= 15 is 0 Å². The molecule has 5 heteroatoms. The first-order valence-electron chi connectivity index (χ1n) is 1.32. The second-order valence-electron chi connectivity index (χ2n) is 0.604. The van der Waals surface area contributed by atoms with Crippen LogP contribution in [0, 0.1) is 0 Å². The molecule has 0 N–H and O–H groups in total. The van der Waals surface area contributed by atoms with Crippen LogP contribution >= 0.6 is 39.8 Å². The molecule has 1 heterocycles. The summed E-state index contributed by atoms with van der Waals surface area (Å²) in [5.74, 6) is 0. The Morgan fingerprint density at radius 3 is 2.00 bits per heavy atom. The summed E-state index contributed by atoms with van der Waals surface area (Å²) in [5, 5.41) is 1.29. The van der Waals surface area contributed by atoms with Crippen molar-refractivity contribution in [1.29, 1.82) is 0 Å². The normalized spacial score (nSPS) is 24.0. The molecule has 2 radical (unpaired) electrons. The van der Waals surface area contributed by atoms with Crippen LogP contribution in [0.15, 0.2) is 0 Å². The van der Waals surface area contributed by atoms with E-state index in [0.29, 0.717) is 13.1 Å². The van der Waals surface area contributed by atoms with Crippen LogP contribution in [0.5, 0.6) is 0 Å². The van der Waals surface area contributed by atoms with Gasteiger partial charge in [0.15, 0.2) is 0 Å². The average molecular weight is 215 g/mol. The Hall–Kier alpha value is 1.94. The number of rotatable bonds is 0. The van der Waals surface area contributed by atoms with E-state index in [9.17, 15) is 0 Å². The fourth-order valence-electron chi connectivity index (χ4n) is 0.130. The van der Waals surface area contributed by atoms with E-state index in [0.717, 1.165) is 0 Å². The van der Waals surface area contributed by atoms with E-state index in [1.54, 1.807) is 0 Å². The zero-order chi connectivity index (χ0) is 4.24. The summed E-state index contributed by atoms with van der Waals surface area (Å²) in [6.45, 7) is 0. The van der Waals surface area contributed by atoms with Gasteiger partial charge in [0, 0.05) is 0 Å². The Balaban J connectivity index is 2.00. The van der Waals surface area contributed by atoms with Crippen molar-refractivity contribution < 1.29 is 0 Å². The van der Waals surface area contributed by atoms with Crippen LogP contribution in [0.4, 0.5) is 0 Å². The topological polar surface area (TPSA) is 0 Å². The monoisotopic (exact) mass is 216 g/mol. The van der Waals surface area contributed by atoms with E-state index in [1.807, 2.05) is 21.6 Å². The van der Waals surface area contributed by atoms with Crippen molar-refractivity contribution in [2.75, 3.05) is 5.08 Å². The van der Waals surface area contributed by atoms with Crippen LogP contribution in [-0.2, 0) is 0 Å². The summed E-state index contributed by atoms with van der Waals surface area (Å²) in [6, 6.07) is 0.